The van der Waals surface area contributed by atoms with Gasteiger partial charge in [-0.25, -0.2) is 18.5 Å². The first kappa shape index (κ1) is 31.2. The van der Waals surface area contributed by atoms with Gasteiger partial charge in [-0.15, -0.1) is 0 Å². The molecule has 2 fully saturated rings. The van der Waals surface area contributed by atoms with Gasteiger partial charge in [0.25, 0.3) is 0 Å². The van der Waals surface area contributed by atoms with Gasteiger partial charge in [-0.2, -0.15) is 18.4 Å². The van der Waals surface area contributed by atoms with E-state index in [0.29, 0.717) is 61.2 Å². The molecule has 1 N–H and O–H groups in total. The molecule has 3 aromatic rings. The fourth-order valence-corrected chi connectivity index (χ4v) is 5.63. The minimum absolute atomic E-state index is 0.206. The van der Waals surface area contributed by atoms with Crippen molar-refractivity contribution in [3.05, 3.63) is 84.3 Å². The van der Waals surface area contributed by atoms with Gasteiger partial charge in [-0.3, -0.25) is 0 Å². The zero-order valence-corrected chi connectivity index (χ0v) is 24.0. The van der Waals surface area contributed by atoms with Crippen LogP contribution in [0.15, 0.2) is 72.3 Å². The molecule has 3 heterocycles. The van der Waals surface area contributed by atoms with E-state index in [2.05, 4.69) is 27.9 Å². The molecule has 222 valence electrons. The van der Waals surface area contributed by atoms with Crippen LogP contribution in [0.4, 0.5) is 19.0 Å². The summed E-state index contributed by atoms with van der Waals surface area (Å²) >= 11 is 0. The maximum absolute atomic E-state index is 13.3. The maximum atomic E-state index is 13.3. The highest BCUT2D eigenvalue weighted by molar-refractivity contribution is 7.82. The average Bonchev–Trinajstić information content (AvgIpc) is 3.57. The molecule has 12 heteroatoms. The van der Waals surface area contributed by atoms with Crippen LogP contribution in [-0.4, -0.2) is 64.4 Å². The molecule has 0 spiro atoms. The highest BCUT2D eigenvalue weighted by atomic mass is 32.2. The number of anilines is 1. The van der Waals surface area contributed by atoms with E-state index in [1.165, 1.54) is 5.56 Å². The monoisotopic (exact) mass is 598 g/mol. The number of nitrogens with zero attached hydrogens (tertiary/aromatic N) is 5. The van der Waals surface area contributed by atoms with Crippen molar-refractivity contribution in [3.63, 3.8) is 0 Å². The van der Waals surface area contributed by atoms with Crippen LogP contribution in [0, 0.1) is 11.3 Å². The molecule has 0 saturated carbocycles. The van der Waals surface area contributed by atoms with Crippen molar-refractivity contribution in [1.82, 2.24) is 19.6 Å². The Bertz CT molecular complexity index is 1380. The van der Waals surface area contributed by atoms with Gasteiger partial charge in [0.15, 0.2) is 0 Å². The quantitative estimate of drug-likeness (QED) is 0.367. The van der Waals surface area contributed by atoms with Crippen molar-refractivity contribution in [2.75, 3.05) is 50.8 Å². The molecular formula is C30H33F3N6O2S. The third-order valence-electron chi connectivity index (χ3n) is 6.74. The number of aromatic nitrogens is 2. The lowest BCUT2D eigenvalue weighted by molar-refractivity contribution is -0.144. The van der Waals surface area contributed by atoms with E-state index >= 15 is 0 Å². The lowest BCUT2D eigenvalue weighted by atomic mass is 10.1. The molecule has 1 unspecified atom stereocenters. The Labute approximate surface area is 246 Å². The molecule has 1 aromatic heterocycles. The number of alkyl halides is 3. The number of nitrogens with one attached hydrogen (secondary N) is 1. The van der Waals surface area contributed by atoms with Crippen LogP contribution >= 0.6 is 0 Å². The standard InChI is InChI=1S/C19H21F3N4O2S.C11H12N2/c20-19(21,22)18-23-16(13-17(24-18)25-7-1-2-8-25)14-3-5-15(6-4-14)29(27)26-9-11-28-12-10-26;1-2-13-8-7-10-3-5-11(9-12)6-4-10/h3-6,13H,1-2,7-12H2;2-6,13H,1,7-8H2. The fraction of sp³-hybridized carbons (Fsp3) is 0.367. The summed E-state index contributed by atoms with van der Waals surface area (Å²) in [5.41, 5.74) is 2.67. The van der Waals surface area contributed by atoms with E-state index < -0.39 is 23.0 Å². The van der Waals surface area contributed by atoms with Gasteiger partial charge >= 0.3 is 6.18 Å². The highest BCUT2D eigenvalue weighted by Crippen LogP contribution is 2.32. The van der Waals surface area contributed by atoms with Gasteiger partial charge in [-0.1, -0.05) is 30.8 Å². The Balaban J connectivity index is 0.000000262. The predicted molar refractivity (Wildman–Crippen MR) is 156 cm³/mol. The van der Waals surface area contributed by atoms with Crippen molar-refractivity contribution in [2.45, 2.75) is 30.3 Å². The second kappa shape index (κ2) is 14.9. The Hall–Kier alpha value is -3.79. The van der Waals surface area contributed by atoms with Crippen molar-refractivity contribution in [2.24, 2.45) is 0 Å². The summed E-state index contributed by atoms with van der Waals surface area (Å²) in [5.74, 6) is -0.848. The number of benzene rings is 2. The van der Waals surface area contributed by atoms with E-state index in [9.17, 15) is 17.4 Å². The SMILES string of the molecule is C=CNCCc1ccc(C#N)cc1.O=S(c1ccc(-c2cc(N3CCCC3)nc(C(F)(F)F)n2)cc1)N1CCOCC1. The number of nitriles is 1. The van der Waals surface area contributed by atoms with Crippen LogP contribution in [0.25, 0.3) is 11.3 Å². The molecule has 0 bridgehead atoms. The Morgan fingerprint density at radius 3 is 2.29 bits per heavy atom. The topological polar surface area (TPSA) is 94.4 Å². The number of morpholine rings is 1. The van der Waals surface area contributed by atoms with E-state index in [0.717, 1.165) is 25.8 Å². The Morgan fingerprint density at radius 2 is 1.69 bits per heavy atom. The van der Waals surface area contributed by atoms with Crippen LogP contribution in [0.1, 0.15) is 29.8 Å². The highest BCUT2D eigenvalue weighted by Gasteiger charge is 2.36. The molecule has 42 heavy (non-hydrogen) atoms. The van der Waals surface area contributed by atoms with Crippen LogP contribution in [0.5, 0.6) is 0 Å². The van der Waals surface area contributed by atoms with Crippen LogP contribution in [0.3, 0.4) is 0 Å². The molecule has 1 atom stereocenters. The molecule has 2 aliphatic heterocycles. The average molecular weight is 599 g/mol. The zero-order chi connectivity index (χ0) is 30.0. The summed E-state index contributed by atoms with van der Waals surface area (Å²) in [4.78, 5) is 9.93. The van der Waals surface area contributed by atoms with Gasteiger partial charge in [0.05, 0.1) is 35.4 Å². The van der Waals surface area contributed by atoms with Crippen LogP contribution in [0.2, 0.25) is 0 Å². The van der Waals surface area contributed by atoms with Crippen molar-refractivity contribution in [1.29, 1.82) is 5.26 Å². The second-order valence-electron chi connectivity index (χ2n) is 9.66. The summed E-state index contributed by atoms with van der Waals surface area (Å²) in [7, 11) is -1.33. The summed E-state index contributed by atoms with van der Waals surface area (Å²) in [6.45, 7) is 8.04. The minimum atomic E-state index is -4.62. The first-order valence-corrected chi connectivity index (χ1v) is 14.8. The molecule has 5 rings (SSSR count). The molecule has 0 radical (unpaired) electrons. The maximum Gasteiger partial charge on any atom is 0.451 e. The first-order valence-electron chi connectivity index (χ1n) is 13.7. The minimum Gasteiger partial charge on any atom is -0.391 e. The van der Waals surface area contributed by atoms with E-state index in [-0.39, 0.29) is 5.69 Å². The zero-order valence-electron chi connectivity index (χ0n) is 23.1. The van der Waals surface area contributed by atoms with Gasteiger partial charge < -0.3 is 15.0 Å². The molecule has 2 aromatic carbocycles. The molecule has 0 aliphatic carbocycles. The van der Waals surface area contributed by atoms with Gasteiger partial charge in [0.1, 0.15) is 16.8 Å². The number of rotatable bonds is 8. The molecular weight excluding hydrogens is 565 g/mol. The summed E-state index contributed by atoms with van der Waals surface area (Å²) in [5, 5.41) is 11.6. The summed E-state index contributed by atoms with van der Waals surface area (Å²) in [6, 6.07) is 18.0. The summed E-state index contributed by atoms with van der Waals surface area (Å²) in [6.07, 6.45) is -0.116. The van der Waals surface area contributed by atoms with Gasteiger partial charge in [-0.05, 0) is 55.3 Å². The number of ether oxygens (including phenoxy) is 1. The molecule has 0 amide bonds. The number of hydrogen-bond acceptors (Lipinski definition) is 7. The second-order valence-corrected chi connectivity index (χ2v) is 11.1. The van der Waals surface area contributed by atoms with Gasteiger partial charge in [0, 0.05) is 44.4 Å². The molecule has 2 saturated heterocycles. The first-order chi connectivity index (χ1) is 20.3. The third kappa shape index (κ3) is 8.61. The molecule has 2 aliphatic rings. The van der Waals surface area contributed by atoms with Crippen molar-refractivity contribution >= 4 is 16.8 Å². The molecule has 8 nitrogen and oxygen atoms in total. The fourth-order valence-electron chi connectivity index (χ4n) is 4.49. The Kier molecular flexibility index (Phi) is 11.1. The van der Waals surface area contributed by atoms with Crippen molar-refractivity contribution < 1.29 is 22.1 Å². The number of hydrogen-bond donors (Lipinski definition) is 1. The Morgan fingerprint density at radius 1 is 1.02 bits per heavy atom. The van der Waals surface area contributed by atoms with Gasteiger partial charge in [0.2, 0.25) is 5.82 Å². The third-order valence-corrected chi connectivity index (χ3v) is 8.25. The lowest BCUT2D eigenvalue weighted by Crippen LogP contribution is -2.37. The normalized spacial score (nSPS) is 16.2. The predicted octanol–water partition coefficient (Wildman–Crippen LogP) is 4.95. The van der Waals surface area contributed by atoms with E-state index in [1.807, 2.05) is 33.5 Å². The lowest BCUT2D eigenvalue weighted by Gasteiger charge is -2.25. The van der Waals surface area contributed by atoms with Crippen molar-refractivity contribution in [3.8, 4) is 17.3 Å². The van der Waals surface area contributed by atoms with E-state index in [1.54, 1.807) is 36.5 Å². The van der Waals surface area contributed by atoms with E-state index in [4.69, 9.17) is 10.00 Å². The van der Waals surface area contributed by atoms with Crippen LogP contribution in [-0.2, 0) is 28.3 Å². The summed E-state index contributed by atoms with van der Waals surface area (Å²) < 4.78 is 59.7. The number of halogens is 3. The smallest absolute Gasteiger partial charge is 0.391 e. The van der Waals surface area contributed by atoms with Crippen LogP contribution < -0.4 is 10.2 Å². The largest absolute Gasteiger partial charge is 0.451 e.